The molecule has 1 atom stereocenters. The molecule has 276 valence electrons. The van der Waals surface area contributed by atoms with Crippen LogP contribution >= 0.6 is 0 Å². The molecule has 4 aliphatic carbocycles. The van der Waals surface area contributed by atoms with Gasteiger partial charge in [-0.1, -0.05) is 138 Å². The molecule has 0 aromatic heterocycles. The average Bonchev–Trinajstić information content (AvgIpc) is 3.77. The van der Waals surface area contributed by atoms with Crippen LogP contribution in [0.15, 0.2) is 78.4 Å². The van der Waals surface area contributed by atoms with Crippen LogP contribution in [0.4, 0.5) is 0 Å². The maximum absolute atomic E-state index is 3.85. The van der Waals surface area contributed by atoms with Crippen molar-refractivity contribution < 1.29 is 49.0 Å². The number of fused-ring (bicyclic) bond motifs is 5. The molecular formula is C49H60Cl2Zr-2. The van der Waals surface area contributed by atoms with Crippen LogP contribution < -0.4 is 24.8 Å². The molecule has 0 spiro atoms. The first kappa shape index (κ1) is 44.4. The van der Waals surface area contributed by atoms with Crippen molar-refractivity contribution in [3.63, 3.8) is 0 Å². The van der Waals surface area contributed by atoms with Gasteiger partial charge < -0.3 is 24.8 Å². The van der Waals surface area contributed by atoms with E-state index in [1.165, 1.54) is 97.4 Å². The summed E-state index contributed by atoms with van der Waals surface area (Å²) < 4.78 is 2.17. The second-order valence-electron chi connectivity index (χ2n) is 18.9. The minimum atomic E-state index is -0.0202. The van der Waals surface area contributed by atoms with Crippen LogP contribution in [0.5, 0.6) is 0 Å². The Bertz CT molecular complexity index is 1810. The summed E-state index contributed by atoms with van der Waals surface area (Å²) in [5.41, 5.74) is 18.0. The maximum atomic E-state index is 3.85. The van der Waals surface area contributed by atoms with Crippen molar-refractivity contribution in [1.29, 1.82) is 0 Å². The van der Waals surface area contributed by atoms with E-state index in [0.29, 0.717) is 11.3 Å². The van der Waals surface area contributed by atoms with Gasteiger partial charge in [-0.25, -0.2) is 11.6 Å². The van der Waals surface area contributed by atoms with Gasteiger partial charge in [-0.05, 0) is 62.3 Å². The predicted molar refractivity (Wildman–Crippen MR) is 215 cm³/mol. The van der Waals surface area contributed by atoms with Crippen LogP contribution in [0, 0.1) is 34.3 Å². The number of hydrogen-bond acceptors (Lipinski definition) is 0. The molecule has 7 rings (SSSR count). The van der Waals surface area contributed by atoms with E-state index < -0.39 is 0 Å². The van der Waals surface area contributed by atoms with E-state index in [9.17, 15) is 0 Å². The number of rotatable bonds is 2. The number of hydrogen-bond donors (Lipinski definition) is 0. The van der Waals surface area contributed by atoms with Crippen LogP contribution in [0.1, 0.15) is 142 Å². The summed E-state index contributed by atoms with van der Waals surface area (Å²) in [6.07, 6.45) is 16.4. The summed E-state index contributed by atoms with van der Waals surface area (Å²) in [7, 11) is 0. The summed E-state index contributed by atoms with van der Waals surface area (Å²) in [5.74, 6) is 0.573. The van der Waals surface area contributed by atoms with E-state index >= 15 is 0 Å². The Kier molecular flexibility index (Phi) is 13.6. The van der Waals surface area contributed by atoms with Gasteiger partial charge in [-0.15, -0.1) is 11.6 Å². The molecule has 0 heterocycles. The Morgan fingerprint density at radius 1 is 0.731 bits per heavy atom. The first-order chi connectivity index (χ1) is 23.1. The quantitative estimate of drug-likeness (QED) is 0.187. The molecule has 52 heavy (non-hydrogen) atoms. The number of allylic oxidation sites excluding steroid dienone is 8. The molecule has 0 radical (unpaired) electrons. The molecule has 3 heteroatoms. The van der Waals surface area contributed by atoms with Crippen molar-refractivity contribution in [2.75, 3.05) is 0 Å². The summed E-state index contributed by atoms with van der Waals surface area (Å²) in [5, 5.41) is 0. The summed E-state index contributed by atoms with van der Waals surface area (Å²) in [6, 6.07) is 20.4. The third-order valence-corrected chi connectivity index (χ3v) is 11.5. The molecule has 0 N–H and O–H groups in total. The van der Waals surface area contributed by atoms with E-state index in [2.05, 4.69) is 180 Å². The van der Waals surface area contributed by atoms with Gasteiger partial charge in [0.15, 0.2) is 0 Å². The molecule has 0 bridgehead atoms. The summed E-state index contributed by atoms with van der Waals surface area (Å²) in [6.45, 7) is 32.3. The van der Waals surface area contributed by atoms with Crippen molar-refractivity contribution >= 4 is 14.9 Å². The van der Waals surface area contributed by atoms with Gasteiger partial charge in [0.1, 0.15) is 0 Å². The Morgan fingerprint density at radius 2 is 1.29 bits per heavy atom. The molecule has 0 nitrogen and oxygen atoms in total. The van der Waals surface area contributed by atoms with E-state index in [1.54, 1.807) is 0 Å². The number of benzene rings is 3. The zero-order chi connectivity index (χ0) is 37.0. The van der Waals surface area contributed by atoms with Crippen molar-refractivity contribution in [2.24, 2.45) is 22.2 Å². The molecule has 4 aliphatic rings. The van der Waals surface area contributed by atoms with Gasteiger partial charge in [-0.2, -0.15) is 17.2 Å². The molecular weight excluding hydrogens is 751 g/mol. The minimum absolute atomic E-state index is 0. The molecule has 0 fully saturated rings. The van der Waals surface area contributed by atoms with Crippen LogP contribution in [0.25, 0.3) is 22.3 Å². The van der Waals surface area contributed by atoms with Gasteiger partial charge in [-0.3, -0.25) is 12.2 Å². The van der Waals surface area contributed by atoms with Crippen molar-refractivity contribution in [2.45, 2.75) is 121 Å². The molecule has 0 amide bonds. The predicted octanol–water partition coefficient (Wildman–Crippen LogP) is 7.25. The Labute approximate surface area is 344 Å². The molecule has 0 aliphatic heterocycles. The fourth-order valence-electron chi connectivity index (χ4n) is 7.70. The standard InChI is InChI=1S/C31H37.C11H17.C7H6.2ClH.Zr/c1-28(2,3)26-16-30(7,8)24-12-18-11-19-13-25-23(15-21(19)20(18)14-22(24)26)27(29(4,5)6)17-31(25,9)10;1-5-9-6-7-10(8-9)11(2,3)4;1-7-5-3-2-4-6-7;;;/h12-16H,11H2,1-10H3;7-9H,5H2,1-4H3;1-6H;2*1H;/q2*-1;;;;+2/p-2. The topological polar surface area (TPSA) is 0 Å². The van der Waals surface area contributed by atoms with Crippen molar-refractivity contribution in [3.8, 4) is 11.1 Å². The fraction of sp³-hybridized carbons (Fsp3) is 0.449. The molecule has 3 aromatic carbocycles. The molecule has 3 aromatic rings. The Hall–Kier alpha value is -2.05. The third-order valence-electron chi connectivity index (χ3n) is 10.7. The van der Waals surface area contributed by atoms with E-state index in [1.807, 2.05) is 6.07 Å². The Morgan fingerprint density at radius 3 is 1.73 bits per heavy atom. The zero-order valence-corrected chi connectivity index (χ0v) is 38.2. The van der Waals surface area contributed by atoms with Gasteiger partial charge in [0.2, 0.25) is 0 Å². The van der Waals surface area contributed by atoms with Crippen molar-refractivity contribution in [1.82, 2.24) is 0 Å². The van der Waals surface area contributed by atoms with Gasteiger partial charge >= 0.3 is 63.8 Å². The first-order valence-corrected chi connectivity index (χ1v) is 20.1. The first-order valence-electron chi connectivity index (χ1n) is 18.7. The fourth-order valence-corrected chi connectivity index (χ4v) is 8.18. The van der Waals surface area contributed by atoms with Crippen LogP contribution in [0.2, 0.25) is 0 Å². The van der Waals surface area contributed by atoms with Gasteiger partial charge in [0, 0.05) is 5.41 Å². The van der Waals surface area contributed by atoms with Crippen LogP contribution in [0.3, 0.4) is 0 Å². The van der Waals surface area contributed by atoms with Crippen LogP contribution in [-0.4, -0.2) is 3.71 Å². The second kappa shape index (κ2) is 16.0. The zero-order valence-electron chi connectivity index (χ0n) is 34.3. The monoisotopic (exact) mass is 808 g/mol. The Balaban J connectivity index is 0.000000286. The van der Waals surface area contributed by atoms with E-state index in [-0.39, 0.29) is 46.5 Å². The molecule has 0 saturated heterocycles. The summed E-state index contributed by atoms with van der Waals surface area (Å²) in [4.78, 5) is 0. The van der Waals surface area contributed by atoms with E-state index in [0.717, 1.165) is 6.42 Å². The second-order valence-corrected chi connectivity index (χ2v) is 19.7. The molecule has 1 unspecified atom stereocenters. The van der Waals surface area contributed by atoms with Crippen molar-refractivity contribution in [3.05, 3.63) is 129 Å². The van der Waals surface area contributed by atoms with Crippen LogP contribution in [-0.2, 0) is 41.5 Å². The van der Waals surface area contributed by atoms with Gasteiger partial charge in [0.05, 0.1) is 0 Å². The normalized spacial score (nSPS) is 18.4. The number of halogens is 2. The summed E-state index contributed by atoms with van der Waals surface area (Å²) >= 11 is 1.46. The SMILES string of the molecule is CC(C)(C)C1=[C-]C(C)(C)c2cc3c(cc21)-c1cc2c(cc1C3)C(C)(C)C=C2C(C)(C)C.CCC1[C-]=CC(C(C)(C)C)=C1.[Cl-].[Cl-].[Zr+2]=[CH]c1ccccc1. The molecule has 0 saturated carbocycles. The third kappa shape index (κ3) is 9.24. The average molecular weight is 811 g/mol. The van der Waals surface area contributed by atoms with E-state index in [4.69, 9.17) is 0 Å². The van der Waals surface area contributed by atoms with Gasteiger partial charge in [0.25, 0.3) is 0 Å².